The predicted molar refractivity (Wildman–Crippen MR) is 99.0 cm³/mol. The van der Waals surface area contributed by atoms with Crippen molar-refractivity contribution in [3.8, 4) is 0 Å². The molecule has 2 aromatic heterocycles. The van der Waals surface area contributed by atoms with Crippen LogP contribution in [0.2, 0.25) is 0 Å². The van der Waals surface area contributed by atoms with Gasteiger partial charge in [-0.25, -0.2) is 9.78 Å². The zero-order chi connectivity index (χ0) is 18.5. The molecule has 142 valence electrons. The van der Waals surface area contributed by atoms with Crippen molar-refractivity contribution in [3.05, 3.63) is 27.7 Å². The normalized spacial score (nSPS) is 17.5. The Balaban J connectivity index is 1.48. The Labute approximate surface area is 157 Å². The first-order chi connectivity index (χ1) is 12.6. The molecule has 0 spiro atoms. The Morgan fingerprint density at radius 2 is 2.31 bits per heavy atom. The van der Waals surface area contributed by atoms with E-state index >= 15 is 0 Å². The summed E-state index contributed by atoms with van der Waals surface area (Å²) in [5.41, 5.74) is 2.96. The van der Waals surface area contributed by atoms with Crippen LogP contribution in [-0.2, 0) is 20.1 Å². The second-order valence-corrected chi connectivity index (χ2v) is 7.61. The van der Waals surface area contributed by atoms with Gasteiger partial charge in [0.2, 0.25) is 0 Å². The zero-order valence-electron chi connectivity index (χ0n) is 15.3. The van der Waals surface area contributed by atoms with Crippen LogP contribution in [0.5, 0.6) is 0 Å². The SMILES string of the molecule is Cc1ncsc1CCCNC(=O)N1CCC[C@@H](c2nnc(CO)n2C)C1. The topological polar surface area (TPSA) is 96.2 Å². The molecule has 9 heteroatoms. The lowest BCUT2D eigenvalue weighted by Gasteiger charge is -2.32. The van der Waals surface area contributed by atoms with Crippen LogP contribution in [0, 0.1) is 6.92 Å². The first-order valence-electron chi connectivity index (χ1n) is 9.01. The van der Waals surface area contributed by atoms with Crippen molar-refractivity contribution in [2.45, 2.75) is 45.1 Å². The number of carbonyl (C=O) groups is 1. The molecule has 2 N–H and O–H groups in total. The lowest BCUT2D eigenvalue weighted by Crippen LogP contribution is -2.45. The van der Waals surface area contributed by atoms with Gasteiger partial charge in [0, 0.05) is 37.5 Å². The van der Waals surface area contributed by atoms with E-state index in [1.165, 1.54) is 4.88 Å². The van der Waals surface area contributed by atoms with E-state index in [1.807, 2.05) is 28.9 Å². The van der Waals surface area contributed by atoms with Gasteiger partial charge in [-0.1, -0.05) is 0 Å². The fourth-order valence-corrected chi connectivity index (χ4v) is 4.19. The number of aliphatic hydroxyl groups excluding tert-OH is 1. The van der Waals surface area contributed by atoms with Crippen LogP contribution in [0.1, 0.15) is 47.4 Å². The van der Waals surface area contributed by atoms with E-state index < -0.39 is 0 Å². The minimum Gasteiger partial charge on any atom is -0.388 e. The van der Waals surface area contributed by atoms with Gasteiger partial charge in [-0.15, -0.1) is 21.5 Å². The second kappa shape index (κ2) is 8.59. The highest BCUT2D eigenvalue weighted by molar-refractivity contribution is 7.09. The van der Waals surface area contributed by atoms with Crippen molar-refractivity contribution in [3.63, 3.8) is 0 Å². The molecule has 3 heterocycles. The minimum atomic E-state index is -0.125. The molecule has 8 nitrogen and oxygen atoms in total. The number of likely N-dealkylation sites (tertiary alicyclic amines) is 1. The summed E-state index contributed by atoms with van der Waals surface area (Å²) in [5.74, 6) is 1.55. The number of hydrogen-bond donors (Lipinski definition) is 2. The molecule has 2 amide bonds. The Morgan fingerprint density at radius 3 is 3.00 bits per heavy atom. The van der Waals surface area contributed by atoms with Crippen molar-refractivity contribution in [1.82, 2.24) is 30.0 Å². The number of rotatable bonds is 6. The van der Waals surface area contributed by atoms with Crippen molar-refractivity contribution in [2.75, 3.05) is 19.6 Å². The third-order valence-electron chi connectivity index (χ3n) is 4.92. The number of nitrogens with zero attached hydrogens (tertiary/aromatic N) is 5. The van der Waals surface area contributed by atoms with Crippen LogP contribution < -0.4 is 5.32 Å². The van der Waals surface area contributed by atoms with E-state index in [0.29, 0.717) is 18.9 Å². The average Bonchev–Trinajstić information content (AvgIpc) is 3.23. The molecule has 0 saturated carbocycles. The standard InChI is InChI=1S/C17H26N6O2S/c1-12-14(26-11-19-12)6-3-7-18-17(25)23-8-4-5-13(9-23)16-21-20-15(10-24)22(16)2/h11,13,24H,3-10H2,1-2H3,(H,18,25)/t13-/m1/s1. The number of urea groups is 1. The number of carbonyl (C=O) groups excluding carboxylic acids is 1. The molecule has 0 bridgehead atoms. The minimum absolute atomic E-state index is 0.0136. The maximum absolute atomic E-state index is 12.5. The van der Waals surface area contributed by atoms with E-state index in [9.17, 15) is 9.90 Å². The molecule has 0 radical (unpaired) electrons. The number of piperidine rings is 1. The van der Waals surface area contributed by atoms with Gasteiger partial charge in [0.15, 0.2) is 5.82 Å². The van der Waals surface area contributed by atoms with E-state index in [1.54, 1.807) is 11.3 Å². The second-order valence-electron chi connectivity index (χ2n) is 6.67. The van der Waals surface area contributed by atoms with Gasteiger partial charge in [0.1, 0.15) is 12.4 Å². The third kappa shape index (κ3) is 4.21. The van der Waals surface area contributed by atoms with Crippen LogP contribution >= 0.6 is 11.3 Å². The number of nitrogens with one attached hydrogen (secondary N) is 1. The maximum atomic E-state index is 12.5. The fraction of sp³-hybridized carbons (Fsp3) is 0.647. The summed E-state index contributed by atoms with van der Waals surface area (Å²) in [7, 11) is 1.86. The summed E-state index contributed by atoms with van der Waals surface area (Å²) in [5, 5.41) is 20.5. The number of thiazole rings is 1. The first kappa shape index (κ1) is 18.8. The van der Waals surface area contributed by atoms with Crippen molar-refractivity contribution in [1.29, 1.82) is 0 Å². The molecule has 26 heavy (non-hydrogen) atoms. The van der Waals surface area contributed by atoms with E-state index in [2.05, 4.69) is 20.5 Å². The fourth-order valence-electron chi connectivity index (χ4n) is 3.36. The van der Waals surface area contributed by atoms with Crippen LogP contribution in [-0.4, -0.2) is 55.4 Å². The van der Waals surface area contributed by atoms with Crippen LogP contribution in [0.25, 0.3) is 0 Å². The summed E-state index contributed by atoms with van der Waals surface area (Å²) in [6, 6.07) is -0.0136. The summed E-state index contributed by atoms with van der Waals surface area (Å²) in [6.07, 6.45) is 3.78. The number of amides is 2. The molecule has 3 rings (SSSR count). The molecule has 1 fully saturated rings. The molecule has 1 saturated heterocycles. The van der Waals surface area contributed by atoms with E-state index in [4.69, 9.17) is 0 Å². The molecular formula is C17H26N6O2S. The number of aryl methyl sites for hydroxylation is 2. The number of aromatic nitrogens is 4. The van der Waals surface area contributed by atoms with Crippen molar-refractivity contribution < 1.29 is 9.90 Å². The zero-order valence-corrected chi connectivity index (χ0v) is 16.1. The smallest absolute Gasteiger partial charge is 0.317 e. The Kier molecular flexibility index (Phi) is 6.20. The largest absolute Gasteiger partial charge is 0.388 e. The van der Waals surface area contributed by atoms with Gasteiger partial charge in [-0.2, -0.15) is 0 Å². The van der Waals surface area contributed by atoms with Crippen LogP contribution in [0.15, 0.2) is 5.51 Å². The third-order valence-corrected chi connectivity index (χ3v) is 5.91. The molecule has 0 aromatic carbocycles. The Bertz CT molecular complexity index is 743. The predicted octanol–water partition coefficient (Wildman–Crippen LogP) is 1.59. The molecule has 1 aliphatic heterocycles. The molecule has 1 atom stereocenters. The molecule has 0 aliphatic carbocycles. The lowest BCUT2D eigenvalue weighted by atomic mass is 9.97. The summed E-state index contributed by atoms with van der Waals surface area (Å²) < 4.78 is 1.84. The molecule has 2 aromatic rings. The molecular weight excluding hydrogens is 352 g/mol. The monoisotopic (exact) mass is 378 g/mol. The van der Waals surface area contributed by atoms with Gasteiger partial charge in [0.25, 0.3) is 0 Å². The summed E-state index contributed by atoms with van der Waals surface area (Å²) >= 11 is 1.67. The Hall–Kier alpha value is -2.00. The van der Waals surface area contributed by atoms with Gasteiger partial charge in [-0.3, -0.25) is 0 Å². The highest BCUT2D eigenvalue weighted by Gasteiger charge is 2.28. The van der Waals surface area contributed by atoms with Gasteiger partial charge in [0.05, 0.1) is 11.2 Å². The maximum Gasteiger partial charge on any atom is 0.317 e. The highest BCUT2D eigenvalue weighted by Crippen LogP contribution is 2.25. The summed E-state index contributed by atoms with van der Waals surface area (Å²) in [6.45, 7) is 3.96. The van der Waals surface area contributed by atoms with E-state index in [0.717, 1.165) is 43.7 Å². The quantitative estimate of drug-likeness (QED) is 0.744. The average molecular weight is 379 g/mol. The van der Waals surface area contributed by atoms with Crippen LogP contribution in [0.4, 0.5) is 4.79 Å². The highest BCUT2D eigenvalue weighted by atomic mass is 32.1. The molecule has 1 aliphatic rings. The van der Waals surface area contributed by atoms with Gasteiger partial charge in [-0.05, 0) is 32.6 Å². The van der Waals surface area contributed by atoms with Gasteiger partial charge < -0.3 is 19.9 Å². The van der Waals surface area contributed by atoms with Crippen molar-refractivity contribution in [2.24, 2.45) is 7.05 Å². The number of aliphatic hydroxyl groups is 1. The Morgan fingerprint density at radius 1 is 1.46 bits per heavy atom. The van der Waals surface area contributed by atoms with E-state index in [-0.39, 0.29) is 18.6 Å². The number of hydrogen-bond acceptors (Lipinski definition) is 6. The van der Waals surface area contributed by atoms with Gasteiger partial charge >= 0.3 is 6.03 Å². The van der Waals surface area contributed by atoms with Crippen molar-refractivity contribution >= 4 is 17.4 Å². The lowest BCUT2D eigenvalue weighted by molar-refractivity contribution is 0.177. The van der Waals surface area contributed by atoms with Crippen LogP contribution in [0.3, 0.4) is 0 Å². The molecule has 0 unspecified atom stereocenters. The first-order valence-corrected chi connectivity index (χ1v) is 9.89. The summed E-state index contributed by atoms with van der Waals surface area (Å²) in [4.78, 5) is 19.9.